The number of hydrogen-bond acceptors (Lipinski definition) is 3. The van der Waals surface area contributed by atoms with Crippen LogP contribution in [0, 0.1) is 29.6 Å². The zero-order valence-corrected chi connectivity index (χ0v) is 17.2. The number of carbonyl (C=O) groups excluding carboxylic acids is 1. The topological polar surface area (TPSA) is 32.3 Å². The van der Waals surface area contributed by atoms with Gasteiger partial charge in [-0.25, -0.2) is 5.43 Å². The van der Waals surface area contributed by atoms with Crippen molar-refractivity contribution in [2.24, 2.45) is 29.6 Å². The summed E-state index contributed by atoms with van der Waals surface area (Å²) in [6, 6.07) is 5.86. The Morgan fingerprint density at radius 1 is 1.04 bits per heavy atom. The van der Waals surface area contributed by atoms with E-state index in [4.69, 9.17) is 23.2 Å². The highest BCUT2D eigenvalue weighted by Gasteiger charge is 2.53. The van der Waals surface area contributed by atoms with Crippen LogP contribution in [0.2, 0.25) is 10.0 Å². The van der Waals surface area contributed by atoms with Gasteiger partial charge in [-0.05, 0) is 87.3 Å². The predicted octanol–water partition coefficient (Wildman–Crippen LogP) is 5.35. The third-order valence-electron chi connectivity index (χ3n) is 7.04. The van der Waals surface area contributed by atoms with E-state index in [1.165, 1.54) is 25.7 Å². The van der Waals surface area contributed by atoms with Gasteiger partial charge in [-0.2, -0.15) is 0 Å². The normalized spacial score (nSPS) is 35.6. The molecule has 3 saturated carbocycles. The minimum Gasteiger partial charge on any atom is -0.301 e. The molecule has 0 spiro atoms. The van der Waals surface area contributed by atoms with Crippen LogP contribution in [0.25, 0.3) is 0 Å². The number of hydrogen-bond donors (Lipinski definition) is 1. The molecule has 3 aliphatic rings. The van der Waals surface area contributed by atoms with Crippen molar-refractivity contribution in [3.8, 4) is 0 Å². The molecule has 0 heterocycles. The highest BCUT2D eigenvalue weighted by Crippen LogP contribution is 2.59. The molecule has 3 fully saturated rings. The average Bonchev–Trinajstić information content (AvgIpc) is 2.83. The van der Waals surface area contributed by atoms with Crippen LogP contribution in [0.3, 0.4) is 0 Å². The van der Waals surface area contributed by atoms with Gasteiger partial charge in [0.05, 0.1) is 5.69 Å². The summed E-state index contributed by atoms with van der Waals surface area (Å²) in [6.45, 7) is 6.22. The first-order chi connectivity index (χ1) is 12.3. The van der Waals surface area contributed by atoms with Gasteiger partial charge in [0.15, 0.2) is 0 Å². The molecule has 4 rings (SSSR count). The summed E-state index contributed by atoms with van der Waals surface area (Å²) in [6.07, 6.45) is 6.38. The molecule has 1 N–H and O–H groups in total. The summed E-state index contributed by atoms with van der Waals surface area (Å²) < 4.78 is 0. The fourth-order valence-corrected chi connectivity index (χ4v) is 6.26. The summed E-state index contributed by atoms with van der Waals surface area (Å²) in [5, 5.41) is 3.15. The molecule has 0 saturated heterocycles. The van der Waals surface area contributed by atoms with E-state index in [9.17, 15) is 4.79 Å². The zero-order valence-electron chi connectivity index (χ0n) is 15.7. The highest BCUT2D eigenvalue weighted by molar-refractivity contribution is 6.35. The summed E-state index contributed by atoms with van der Waals surface area (Å²) in [4.78, 5) is 11.9. The molecule has 6 unspecified atom stereocenters. The number of fused-ring (bicyclic) bond motifs is 1. The maximum absolute atomic E-state index is 11.9. The quantitative estimate of drug-likeness (QED) is 0.539. The van der Waals surface area contributed by atoms with Gasteiger partial charge in [0.1, 0.15) is 11.8 Å². The molecular formula is C21H28Cl2N2O. The second kappa shape index (κ2) is 6.68. The van der Waals surface area contributed by atoms with E-state index in [2.05, 4.69) is 12.3 Å². The van der Waals surface area contributed by atoms with E-state index in [1.807, 2.05) is 31.0 Å². The minimum absolute atomic E-state index is 0.379. The Morgan fingerprint density at radius 2 is 1.65 bits per heavy atom. The van der Waals surface area contributed by atoms with Crippen molar-refractivity contribution in [3.05, 3.63) is 28.2 Å². The molecule has 3 nitrogen and oxygen atoms in total. The standard InChI is InChI=1S/C21H28Cl2N2O/c1-12-4-13-5-14-6-15(7-19(13)14)20(12)24-25(21(2,3)11-26)18-9-16(22)8-17(23)10-18/h8-15,19-20,24H,4-7H2,1-3H3. The molecule has 0 aromatic heterocycles. The Labute approximate surface area is 166 Å². The smallest absolute Gasteiger partial charge is 0.146 e. The van der Waals surface area contributed by atoms with Crippen LogP contribution in [0.15, 0.2) is 18.2 Å². The van der Waals surface area contributed by atoms with Crippen molar-refractivity contribution in [1.82, 2.24) is 5.43 Å². The van der Waals surface area contributed by atoms with E-state index in [0.717, 1.165) is 29.7 Å². The first kappa shape index (κ1) is 18.6. The second-order valence-corrected chi connectivity index (χ2v) is 10.1. The molecule has 5 heteroatoms. The number of rotatable bonds is 5. The Kier molecular flexibility index (Phi) is 4.78. The molecule has 26 heavy (non-hydrogen) atoms. The second-order valence-electron chi connectivity index (χ2n) is 9.25. The molecular weight excluding hydrogens is 367 g/mol. The van der Waals surface area contributed by atoms with Crippen LogP contribution >= 0.6 is 23.2 Å². The molecule has 3 aliphatic carbocycles. The number of hydrazine groups is 1. The Hall–Kier alpha value is -0.770. The summed E-state index contributed by atoms with van der Waals surface area (Å²) in [7, 11) is 0. The molecule has 0 aliphatic heterocycles. The monoisotopic (exact) mass is 394 g/mol. The van der Waals surface area contributed by atoms with Crippen LogP contribution in [0.1, 0.15) is 46.5 Å². The van der Waals surface area contributed by atoms with Gasteiger partial charge in [0.25, 0.3) is 0 Å². The van der Waals surface area contributed by atoms with Gasteiger partial charge >= 0.3 is 0 Å². The summed E-state index contributed by atoms with van der Waals surface area (Å²) in [5.74, 6) is 4.08. The lowest BCUT2D eigenvalue weighted by Gasteiger charge is -2.46. The van der Waals surface area contributed by atoms with Gasteiger partial charge < -0.3 is 4.79 Å². The SMILES string of the molecule is CC1CC2CC3CC(CC23)C1NN(c1cc(Cl)cc(Cl)c1)C(C)(C)C=O. The number of nitrogens with one attached hydrogen (secondary N) is 1. The molecule has 0 radical (unpaired) electrons. The van der Waals surface area contributed by atoms with Crippen molar-refractivity contribution in [1.29, 1.82) is 0 Å². The summed E-state index contributed by atoms with van der Waals surface area (Å²) in [5.41, 5.74) is 3.91. The van der Waals surface area contributed by atoms with Gasteiger partial charge in [-0.3, -0.25) is 5.01 Å². The number of carbonyl (C=O) groups is 1. The maximum Gasteiger partial charge on any atom is 0.146 e. The first-order valence-electron chi connectivity index (χ1n) is 9.77. The highest BCUT2D eigenvalue weighted by atomic mass is 35.5. The van der Waals surface area contributed by atoms with Crippen LogP contribution in [-0.4, -0.2) is 17.9 Å². The van der Waals surface area contributed by atoms with Gasteiger partial charge in [-0.15, -0.1) is 0 Å². The lowest BCUT2D eigenvalue weighted by molar-refractivity contribution is -0.111. The van der Waals surface area contributed by atoms with Crippen molar-refractivity contribution < 1.29 is 4.79 Å². The van der Waals surface area contributed by atoms with E-state index in [-0.39, 0.29) is 0 Å². The third kappa shape index (κ3) is 3.16. The largest absolute Gasteiger partial charge is 0.301 e. The van der Waals surface area contributed by atoms with Crippen LogP contribution in [0.5, 0.6) is 0 Å². The van der Waals surface area contributed by atoms with Gasteiger partial charge in [0.2, 0.25) is 0 Å². The Balaban J connectivity index is 1.65. The molecule has 6 atom stereocenters. The van der Waals surface area contributed by atoms with Crippen molar-refractivity contribution >= 4 is 35.2 Å². The zero-order chi connectivity index (χ0) is 18.6. The Morgan fingerprint density at radius 3 is 2.31 bits per heavy atom. The van der Waals surface area contributed by atoms with Crippen LogP contribution in [-0.2, 0) is 4.79 Å². The van der Waals surface area contributed by atoms with E-state index >= 15 is 0 Å². The van der Waals surface area contributed by atoms with Crippen LogP contribution < -0.4 is 10.4 Å². The fraction of sp³-hybridized carbons (Fsp3) is 0.667. The lowest BCUT2D eigenvalue weighted by Crippen LogP contribution is -2.60. The molecule has 2 bridgehead atoms. The fourth-order valence-electron chi connectivity index (χ4n) is 5.75. The molecule has 0 amide bonds. The maximum atomic E-state index is 11.9. The predicted molar refractivity (Wildman–Crippen MR) is 108 cm³/mol. The number of benzene rings is 1. The third-order valence-corrected chi connectivity index (χ3v) is 7.48. The Bertz CT molecular complexity index is 687. The molecule has 1 aromatic carbocycles. The lowest BCUT2D eigenvalue weighted by atomic mass is 9.63. The average molecular weight is 395 g/mol. The van der Waals surface area contributed by atoms with Gasteiger partial charge in [0, 0.05) is 16.1 Å². The molecule has 1 aromatic rings. The first-order valence-corrected chi connectivity index (χ1v) is 10.5. The minimum atomic E-state index is -0.693. The van der Waals surface area contributed by atoms with E-state index in [1.54, 1.807) is 6.07 Å². The van der Waals surface area contributed by atoms with Crippen LogP contribution in [0.4, 0.5) is 5.69 Å². The van der Waals surface area contributed by atoms with Crippen molar-refractivity contribution in [3.63, 3.8) is 0 Å². The number of anilines is 1. The van der Waals surface area contributed by atoms with E-state index in [0.29, 0.717) is 27.9 Å². The van der Waals surface area contributed by atoms with E-state index < -0.39 is 5.54 Å². The number of halogens is 2. The number of aldehydes is 1. The molecule has 142 valence electrons. The van der Waals surface area contributed by atoms with Crippen molar-refractivity contribution in [2.75, 3.05) is 5.01 Å². The number of nitrogens with zero attached hydrogens (tertiary/aromatic N) is 1. The summed E-state index contributed by atoms with van der Waals surface area (Å²) >= 11 is 12.5. The van der Waals surface area contributed by atoms with Gasteiger partial charge in [-0.1, -0.05) is 30.1 Å². The van der Waals surface area contributed by atoms with Crippen molar-refractivity contribution in [2.45, 2.75) is 58.0 Å².